The lowest BCUT2D eigenvalue weighted by atomic mass is 10.1. The summed E-state index contributed by atoms with van der Waals surface area (Å²) in [5, 5.41) is 6.74. The van der Waals surface area contributed by atoms with Crippen LogP contribution in [-0.2, 0) is 6.42 Å². The zero-order valence-corrected chi connectivity index (χ0v) is 15.8. The van der Waals surface area contributed by atoms with Gasteiger partial charge in [-0.15, -0.1) is 0 Å². The molecule has 0 unspecified atom stereocenters. The van der Waals surface area contributed by atoms with Crippen LogP contribution >= 0.6 is 0 Å². The van der Waals surface area contributed by atoms with E-state index in [0.29, 0.717) is 18.4 Å². The highest BCUT2D eigenvalue weighted by Crippen LogP contribution is 2.42. The van der Waals surface area contributed by atoms with Crippen molar-refractivity contribution in [3.63, 3.8) is 0 Å². The van der Waals surface area contributed by atoms with Crippen LogP contribution in [0.15, 0.2) is 30.5 Å². The number of nitrogens with one attached hydrogen (secondary N) is 2. The molecule has 26 heavy (non-hydrogen) atoms. The van der Waals surface area contributed by atoms with Crippen LogP contribution in [-0.4, -0.2) is 48.6 Å². The third kappa shape index (κ3) is 5.41. The monoisotopic (exact) mass is 354 g/mol. The van der Waals surface area contributed by atoms with Gasteiger partial charge in [0.05, 0.1) is 0 Å². The van der Waals surface area contributed by atoms with Crippen LogP contribution in [0.4, 0.5) is 17.5 Å². The molecule has 6 heteroatoms. The summed E-state index contributed by atoms with van der Waals surface area (Å²) in [6.07, 6.45) is 6.41. The molecule has 2 aromatic rings. The van der Waals surface area contributed by atoms with E-state index in [4.69, 9.17) is 10.7 Å². The van der Waals surface area contributed by atoms with Gasteiger partial charge in [0.25, 0.3) is 0 Å². The summed E-state index contributed by atoms with van der Waals surface area (Å²) in [7, 11) is 4.19. The smallest absolute Gasteiger partial charge is 0.229 e. The van der Waals surface area contributed by atoms with Gasteiger partial charge in [-0.1, -0.05) is 12.1 Å². The van der Waals surface area contributed by atoms with Gasteiger partial charge >= 0.3 is 0 Å². The number of likely N-dealkylation sites (N-methyl/N-ethyl adjacent to an activating group) is 1. The summed E-state index contributed by atoms with van der Waals surface area (Å²) in [4.78, 5) is 11.4. The molecule has 1 aliphatic carbocycles. The highest BCUT2D eigenvalue weighted by atomic mass is 15.1. The Bertz CT molecular complexity index is 694. The average molecular weight is 355 g/mol. The Morgan fingerprint density at radius 3 is 2.62 bits per heavy atom. The van der Waals surface area contributed by atoms with Gasteiger partial charge in [0.2, 0.25) is 5.95 Å². The van der Waals surface area contributed by atoms with Crippen LogP contribution in [0.2, 0.25) is 0 Å². The Morgan fingerprint density at radius 1 is 1.19 bits per heavy atom. The Labute approximate surface area is 156 Å². The van der Waals surface area contributed by atoms with Crippen molar-refractivity contribution in [2.24, 2.45) is 5.73 Å². The summed E-state index contributed by atoms with van der Waals surface area (Å²) < 4.78 is 0. The van der Waals surface area contributed by atoms with Crippen molar-refractivity contribution in [2.45, 2.75) is 31.6 Å². The Hall–Kier alpha value is -2.18. The first-order chi connectivity index (χ1) is 12.7. The van der Waals surface area contributed by atoms with Crippen molar-refractivity contribution in [1.82, 2.24) is 14.9 Å². The molecule has 0 atom stereocenters. The van der Waals surface area contributed by atoms with E-state index in [0.717, 1.165) is 37.4 Å². The molecule has 1 aliphatic rings. The van der Waals surface area contributed by atoms with Crippen LogP contribution in [0.5, 0.6) is 0 Å². The molecule has 1 heterocycles. The number of hydrogen-bond acceptors (Lipinski definition) is 6. The van der Waals surface area contributed by atoms with Gasteiger partial charge in [0.15, 0.2) is 0 Å². The molecule has 6 nitrogen and oxygen atoms in total. The fourth-order valence-electron chi connectivity index (χ4n) is 2.83. The number of aromatic nitrogens is 2. The Morgan fingerprint density at radius 2 is 1.96 bits per heavy atom. The third-order valence-corrected chi connectivity index (χ3v) is 4.57. The number of nitrogens with two attached hydrogens (primary N) is 1. The van der Waals surface area contributed by atoms with Crippen LogP contribution in [0.3, 0.4) is 0 Å². The van der Waals surface area contributed by atoms with Gasteiger partial charge in [-0.25, -0.2) is 4.98 Å². The molecule has 4 N–H and O–H groups in total. The zero-order valence-electron chi connectivity index (χ0n) is 15.8. The summed E-state index contributed by atoms with van der Waals surface area (Å²) >= 11 is 0. The lowest BCUT2D eigenvalue weighted by molar-refractivity contribution is 0.413. The van der Waals surface area contributed by atoms with Crippen LogP contribution < -0.4 is 16.4 Å². The van der Waals surface area contributed by atoms with E-state index < -0.39 is 0 Å². The van der Waals surface area contributed by atoms with Crippen LogP contribution in [0.1, 0.15) is 36.3 Å². The fraction of sp³-hybridized carbons (Fsp3) is 0.500. The van der Waals surface area contributed by atoms with Gasteiger partial charge in [-0.2, -0.15) is 4.98 Å². The van der Waals surface area contributed by atoms with Gasteiger partial charge in [-0.05, 0) is 69.9 Å². The quantitative estimate of drug-likeness (QED) is 0.569. The number of anilines is 3. The minimum absolute atomic E-state index is 0.611. The highest BCUT2D eigenvalue weighted by molar-refractivity contribution is 5.57. The zero-order chi connectivity index (χ0) is 18.4. The van der Waals surface area contributed by atoms with E-state index in [1.807, 2.05) is 6.20 Å². The standard InChI is InChI=1S/C20H30N6/c1-26(2)13-10-15-4-8-17(9-5-15)24-20-23-14-18(16-6-7-16)19(25-20)22-12-3-11-21/h4-5,8-9,14,16H,3,6-7,10-13,21H2,1-2H3,(H2,22,23,24,25). The molecule has 0 aliphatic heterocycles. The van der Waals surface area contributed by atoms with Crippen molar-refractivity contribution in [3.8, 4) is 0 Å². The molecule has 1 aromatic heterocycles. The molecular formula is C20H30N6. The number of nitrogens with zero attached hydrogens (tertiary/aromatic N) is 3. The van der Waals surface area contributed by atoms with Crippen molar-refractivity contribution >= 4 is 17.5 Å². The highest BCUT2D eigenvalue weighted by Gasteiger charge is 2.27. The molecule has 0 bridgehead atoms. The van der Waals surface area contributed by atoms with Crippen LogP contribution in [0.25, 0.3) is 0 Å². The average Bonchev–Trinajstić information content (AvgIpc) is 3.47. The summed E-state index contributed by atoms with van der Waals surface area (Å²) in [5.41, 5.74) is 9.16. The van der Waals surface area contributed by atoms with E-state index in [-0.39, 0.29) is 0 Å². The SMILES string of the molecule is CN(C)CCc1ccc(Nc2ncc(C3CC3)c(NCCCN)n2)cc1. The topological polar surface area (TPSA) is 79.1 Å². The fourth-order valence-corrected chi connectivity index (χ4v) is 2.83. The second-order valence-electron chi connectivity index (χ2n) is 7.22. The van der Waals surface area contributed by atoms with E-state index in [2.05, 4.69) is 58.9 Å². The second-order valence-corrected chi connectivity index (χ2v) is 7.22. The van der Waals surface area contributed by atoms with Gasteiger partial charge in [0.1, 0.15) is 5.82 Å². The van der Waals surface area contributed by atoms with Crippen molar-refractivity contribution in [1.29, 1.82) is 0 Å². The molecule has 1 saturated carbocycles. The minimum atomic E-state index is 0.611. The van der Waals surface area contributed by atoms with Crippen molar-refractivity contribution < 1.29 is 0 Å². The van der Waals surface area contributed by atoms with E-state index in [1.54, 1.807) is 0 Å². The molecule has 0 saturated heterocycles. The Balaban J connectivity index is 1.65. The second kappa shape index (κ2) is 8.96. The van der Waals surface area contributed by atoms with E-state index in [1.165, 1.54) is 24.0 Å². The lowest BCUT2D eigenvalue weighted by Gasteiger charge is -2.13. The predicted molar refractivity (Wildman–Crippen MR) is 108 cm³/mol. The molecule has 1 aromatic carbocycles. The third-order valence-electron chi connectivity index (χ3n) is 4.57. The molecule has 0 amide bonds. The molecular weight excluding hydrogens is 324 g/mol. The largest absolute Gasteiger partial charge is 0.370 e. The molecule has 3 rings (SSSR count). The van der Waals surface area contributed by atoms with Gasteiger partial charge in [-0.3, -0.25) is 0 Å². The molecule has 140 valence electrons. The lowest BCUT2D eigenvalue weighted by Crippen LogP contribution is -2.15. The van der Waals surface area contributed by atoms with Crippen molar-refractivity contribution in [3.05, 3.63) is 41.6 Å². The first-order valence-electron chi connectivity index (χ1n) is 9.47. The predicted octanol–water partition coefficient (Wildman–Crippen LogP) is 2.96. The van der Waals surface area contributed by atoms with E-state index >= 15 is 0 Å². The molecule has 0 spiro atoms. The van der Waals surface area contributed by atoms with Gasteiger partial charge < -0.3 is 21.3 Å². The maximum absolute atomic E-state index is 5.60. The number of benzene rings is 1. The summed E-state index contributed by atoms with van der Waals surface area (Å²) in [6, 6.07) is 8.49. The van der Waals surface area contributed by atoms with Crippen molar-refractivity contribution in [2.75, 3.05) is 44.4 Å². The first-order valence-corrected chi connectivity index (χ1v) is 9.47. The molecule has 1 fully saturated rings. The Kier molecular flexibility index (Phi) is 6.41. The molecule has 0 radical (unpaired) electrons. The van der Waals surface area contributed by atoms with Crippen LogP contribution in [0, 0.1) is 0 Å². The maximum atomic E-state index is 5.60. The summed E-state index contributed by atoms with van der Waals surface area (Å²) in [6.45, 7) is 2.58. The van der Waals surface area contributed by atoms with Gasteiger partial charge in [0, 0.05) is 30.5 Å². The summed E-state index contributed by atoms with van der Waals surface area (Å²) in [5.74, 6) is 2.19. The normalized spacial score (nSPS) is 13.8. The number of rotatable bonds is 10. The van der Waals surface area contributed by atoms with E-state index in [9.17, 15) is 0 Å². The maximum Gasteiger partial charge on any atom is 0.229 e. The number of hydrogen-bond donors (Lipinski definition) is 3. The minimum Gasteiger partial charge on any atom is -0.370 e. The first kappa shape index (κ1) is 18.6.